The zero-order valence-electron chi connectivity index (χ0n) is 16.2. The van der Waals surface area contributed by atoms with Gasteiger partial charge in [0.25, 0.3) is 0 Å². The second kappa shape index (κ2) is 9.06. The normalized spacial score (nSPS) is 21.1. The third kappa shape index (κ3) is 5.52. The molecule has 0 aliphatic carbocycles. The number of hydrogen-bond donors (Lipinski definition) is 1. The molecule has 1 fully saturated rings. The predicted octanol–water partition coefficient (Wildman–Crippen LogP) is 3.13. The molecule has 2 atom stereocenters. The third-order valence-corrected chi connectivity index (χ3v) is 6.83. The van der Waals surface area contributed by atoms with Gasteiger partial charge in [-0.05, 0) is 54.1 Å². The molecule has 0 spiro atoms. The van der Waals surface area contributed by atoms with Gasteiger partial charge in [-0.15, -0.1) is 3.82 Å². The van der Waals surface area contributed by atoms with Gasteiger partial charge in [0, 0.05) is 31.7 Å². The van der Waals surface area contributed by atoms with E-state index in [-0.39, 0.29) is 36.3 Å². The number of hydrogen-bond acceptors (Lipinski definition) is 4. The lowest BCUT2D eigenvalue weighted by molar-refractivity contribution is 0.0972. The molecule has 5 nitrogen and oxygen atoms in total. The Kier molecular flexibility index (Phi) is 6.90. The van der Waals surface area contributed by atoms with Gasteiger partial charge < -0.3 is 5.32 Å². The summed E-state index contributed by atoms with van der Waals surface area (Å²) in [5, 5.41) is 3.35. The molecule has 0 aromatic heterocycles. The van der Waals surface area contributed by atoms with E-state index in [0.29, 0.717) is 13.1 Å². The van der Waals surface area contributed by atoms with Crippen LogP contribution in [0.15, 0.2) is 48.5 Å². The van der Waals surface area contributed by atoms with Crippen LogP contribution < -0.4 is 5.32 Å². The summed E-state index contributed by atoms with van der Waals surface area (Å²) >= 11 is 6.02. The summed E-state index contributed by atoms with van der Waals surface area (Å²) in [7, 11) is -3.56. The fourth-order valence-electron chi connectivity index (χ4n) is 3.64. The lowest BCUT2D eigenvalue weighted by atomic mass is 9.93. The van der Waals surface area contributed by atoms with Gasteiger partial charge in [0.1, 0.15) is 11.6 Å². The van der Waals surface area contributed by atoms with E-state index < -0.39 is 10.0 Å². The minimum atomic E-state index is -3.56. The fourth-order valence-corrected chi connectivity index (χ4v) is 4.24. The van der Waals surface area contributed by atoms with E-state index in [1.807, 2.05) is 6.92 Å². The first-order valence-electron chi connectivity index (χ1n) is 9.28. The van der Waals surface area contributed by atoms with Gasteiger partial charge in [0.15, 0.2) is 0 Å². The van der Waals surface area contributed by atoms with Gasteiger partial charge in [-0.1, -0.05) is 24.3 Å². The standard InChI is InChI=1S/C20H24ClF2N3O2S/c1-14-12-25(19(11-24-14)13-26(21)29(2,27)28)20(15-3-7-17(22)8-4-15)16-5-9-18(23)10-6-16/h3-10,14,19-20,24H,11-13H2,1-2H3/t14-,19-/m0/s1. The summed E-state index contributed by atoms with van der Waals surface area (Å²) in [5.41, 5.74) is 1.66. The average Bonchev–Trinajstić information content (AvgIpc) is 2.66. The molecule has 2 aromatic carbocycles. The number of piperazine rings is 1. The maximum atomic E-state index is 13.5. The molecular weight excluding hydrogens is 420 g/mol. The molecule has 0 amide bonds. The Labute approximate surface area is 175 Å². The first-order chi connectivity index (χ1) is 13.6. The Morgan fingerprint density at radius 1 is 1.10 bits per heavy atom. The second-order valence-corrected chi connectivity index (χ2v) is 9.91. The predicted molar refractivity (Wildman–Crippen MR) is 110 cm³/mol. The summed E-state index contributed by atoms with van der Waals surface area (Å²) in [6.45, 7) is 3.25. The van der Waals surface area contributed by atoms with Crippen molar-refractivity contribution in [1.82, 2.24) is 14.0 Å². The minimum absolute atomic E-state index is 0.0823. The molecule has 1 N–H and O–H groups in total. The third-order valence-electron chi connectivity index (χ3n) is 5.07. The van der Waals surface area contributed by atoms with Crippen LogP contribution in [0.1, 0.15) is 24.1 Å². The highest BCUT2D eigenvalue weighted by Crippen LogP contribution is 2.32. The molecule has 0 saturated carbocycles. The van der Waals surface area contributed by atoms with Gasteiger partial charge in [-0.3, -0.25) is 4.90 Å². The lowest BCUT2D eigenvalue weighted by Crippen LogP contribution is -2.59. The van der Waals surface area contributed by atoms with E-state index in [9.17, 15) is 17.2 Å². The quantitative estimate of drug-likeness (QED) is 0.697. The minimum Gasteiger partial charge on any atom is -0.311 e. The van der Waals surface area contributed by atoms with Crippen molar-refractivity contribution in [3.63, 3.8) is 0 Å². The largest absolute Gasteiger partial charge is 0.311 e. The zero-order chi connectivity index (χ0) is 21.2. The molecule has 0 radical (unpaired) electrons. The van der Waals surface area contributed by atoms with Crippen LogP contribution >= 0.6 is 11.8 Å². The van der Waals surface area contributed by atoms with Crippen molar-refractivity contribution in [2.45, 2.75) is 25.0 Å². The molecular formula is C20H24ClF2N3O2S. The van der Waals surface area contributed by atoms with E-state index in [0.717, 1.165) is 21.2 Å². The van der Waals surface area contributed by atoms with Crippen LogP contribution in [0.2, 0.25) is 0 Å². The van der Waals surface area contributed by atoms with Crippen molar-refractivity contribution < 1.29 is 17.2 Å². The Bertz CT molecular complexity index is 880. The van der Waals surface area contributed by atoms with Crippen LogP contribution in [-0.2, 0) is 10.0 Å². The Balaban J connectivity index is 2.02. The monoisotopic (exact) mass is 443 g/mol. The zero-order valence-corrected chi connectivity index (χ0v) is 17.8. The van der Waals surface area contributed by atoms with Gasteiger partial charge >= 0.3 is 0 Å². The highest BCUT2D eigenvalue weighted by molar-refractivity contribution is 7.89. The van der Waals surface area contributed by atoms with Crippen molar-refractivity contribution in [3.8, 4) is 0 Å². The molecule has 29 heavy (non-hydrogen) atoms. The van der Waals surface area contributed by atoms with E-state index in [1.165, 1.54) is 24.3 Å². The van der Waals surface area contributed by atoms with Crippen LogP contribution in [0.25, 0.3) is 0 Å². The second-order valence-electron chi connectivity index (χ2n) is 7.40. The lowest BCUT2D eigenvalue weighted by Gasteiger charge is -2.45. The number of nitrogens with zero attached hydrogens (tertiary/aromatic N) is 2. The van der Waals surface area contributed by atoms with Crippen molar-refractivity contribution in [2.24, 2.45) is 0 Å². The van der Waals surface area contributed by atoms with Crippen molar-refractivity contribution in [2.75, 3.05) is 25.9 Å². The first-order valence-corrected chi connectivity index (χ1v) is 11.5. The smallest absolute Gasteiger partial charge is 0.224 e. The summed E-state index contributed by atoms with van der Waals surface area (Å²) in [6, 6.07) is 11.9. The summed E-state index contributed by atoms with van der Waals surface area (Å²) < 4.78 is 51.5. The first kappa shape index (κ1) is 22.1. The summed E-state index contributed by atoms with van der Waals surface area (Å²) in [6.07, 6.45) is 1.06. The molecule has 1 aliphatic rings. The number of sulfonamides is 1. The van der Waals surface area contributed by atoms with Gasteiger partial charge in [0.05, 0.1) is 12.3 Å². The van der Waals surface area contributed by atoms with Crippen LogP contribution in [0.4, 0.5) is 8.78 Å². The highest BCUT2D eigenvalue weighted by atomic mass is 35.5. The average molecular weight is 444 g/mol. The molecule has 3 rings (SSSR count). The van der Waals surface area contributed by atoms with Crippen LogP contribution in [0.3, 0.4) is 0 Å². The van der Waals surface area contributed by atoms with Gasteiger partial charge in [0.2, 0.25) is 10.0 Å². The molecule has 1 saturated heterocycles. The van der Waals surface area contributed by atoms with Gasteiger partial charge in [-0.25, -0.2) is 17.2 Å². The number of nitrogens with one attached hydrogen (secondary N) is 1. The van der Waals surface area contributed by atoms with E-state index in [4.69, 9.17) is 11.8 Å². The van der Waals surface area contributed by atoms with Crippen LogP contribution in [-0.4, -0.2) is 55.1 Å². The molecule has 0 bridgehead atoms. The summed E-state index contributed by atoms with van der Waals surface area (Å²) in [4.78, 5) is 2.14. The Morgan fingerprint density at radius 2 is 1.59 bits per heavy atom. The highest BCUT2D eigenvalue weighted by Gasteiger charge is 2.35. The molecule has 2 aromatic rings. The molecule has 0 unspecified atom stereocenters. The maximum Gasteiger partial charge on any atom is 0.224 e. The molecule has 1 heterocycles. The van der Waals surface area contributed by atoms with Gasteiger partial charge in [-0.2, -0.15) is 0 Å². The van der Waals surface area contributed by atoms with Crippen molar-refractivity contribution >= 4 is 21.8 Å². The molecule has 9 heteroatoms. The van der Waals surface area contributed by atoms with Crippen LogP contribution in [0, 0.1) is 11.6 Å². The van der Waals surface area contributed by atoms with Crippen LogP contribution in [0.5, 0.6) is 0 Å². The van der Waals surface area contributed by atoms with E-state index >= 15 is 0 Å². The number of benzene rings is 2. The SMILES string of the molecule is C[C@H]1CN(C(c2ccc(F)cc2)c2ccc(F)cc2)[C@H](CN(Cl)S(C)(=O)=O)CN1. The maximum absolute atomic E-state index is 13.5. The van der Waals surface area contributed by atoms with E-state index in [1.54, 1.807) is 24.3 Å². The fraction of sp³-hybridized carbons (Fsp3) is 0.400. The van der Waals surface area contributed by atoms with E-state index in [2.05, 4.69) is 10.2 Å². The topological polar surface area (TPSA) is 52.7 Å². The summed E-state index contributed by atoms with van der Waals surface area (Å²) in [5.74, 6) is -0.693. The molecule has 1 aliphatic heterocycles. The Hall–Kier alpha value is -1.58. The number of halogens is 3. The van der Waals surface area contributed by atoms with Crippen molar-refractivity contribution in [1.29, 1.82) is 0 Å². The Morgan fingerprint density at radius 3 is 2.03 bits per heavy atom. The van der Waals surface area contributed by atoms with Crippen molar-refractivity contribution in [3.05, 3.63) is 71.3 Å². The molecule has 158 valence electrons. The number of rotatable bonds is 6.